The van der Waals surface area contributed by atoms with Crippen LogP contribution in [-0.4, -0.2) is 16.8 Å². The molecule has 2 aliphatic carbocycles. The molecule has 0 saturated heterocycles. The predicted octanol–water partition coefficient (Wildman–Crippen LogP) is 3.93. The summed E-state index contributed by atoms with van der Waals surface area (Å²) in [6.07, 6.45) is 7.90. The maximum Gasteiger partial charge on any atom is 0.228 e. The second-order valence-electron chi connectivity index (χ2n) is 6.25. The van der Waals surface area contributed by atoms with E-state index in [0.29, 0.717) is 0 Å². The van der Waals surface area contributed by atoms with Crippen LogP contribution in [0, 0.1) is 0 Å². The fourth-order valence-electron chi connectivity index (χ4n) is 3.72. The van der Waals surface area contributed by atoms with E-state index in [1.54, 1.807) is 0 Å². The average molecular weight is 336 g/mol. The van der Waals surface area contributed by atoms with E-state index >= 15 is 0 Å². The summed E-state index contributed by atoms with van der Waals surface area (Å²) in [5, 5.41) is 4.24. The van der Waals surface area contributed by atoms with Crippen molar-refractivity contribution in [1.82, 2.24) is 5.32 Å². The van der Waals surface area contributed by atoms with Crippen LogP contribution >= 0.6 is 15.9 Å². The van der Waals surface area contributed by atoms with Crippen molar-refractivity contribution in [2.45, 2.75) is 56.4 Å². The molecule has 0 aromatic heterocycles. The SMILES string of the molecule is O=C(NC1(CBr)CCCC1)C1CCCc2ccccc21. The second-order valence-corrected chi connectivity index (χ2v) is 6.81. The van der Waals surface area contributed by atoms with Gasteiger partial charge in [0.1, 0.15) is 0 Å². The van der Waals surface area contributed by atoms with E-state index in [9.17, 15) is 4.79 Å². The van der Waals surface area contributed by atoms with E-state index < -0.39 is 0 Å². The van der Waals surface area contributed by atoms with Gasteiger partial charge >= 0.3 is 0 Å². The molecular formula is C17H22BrNO. The molecule has 0 spiro atoms. The molecule has 2 aliphatic rings. The average Bonchev–Trinajstić information content (AvgIpc) is 2.95. The molecule has 20 heavy (non-hydrogen) atoms. The smallest absolute Gasteiger partial charge is 0.228 e. The highest BCUT2D eigenvalue weighted by Gasteiger charge is 2.37. The van der Waals surface area contributed by atoms with Crippen molar-refractivity contribution < 1.29 is 4.79 Å². The van der Waals surface area contributed by atoms with Gasteiger partial charge in [-0.25, -0.2) is 0 Å². The molecule has 1 N–H and O–H groups in total. The van der Waals surface area contributed by atoms with E-state index in [4.69, 9.17) is 0 Å². The van der Waals surface area contributed by atoms with Crippen LogP contribution in [0.25, 0.3) is 0 Å². The van der Waals surface area contributed by atoms with Crippen LogP contribution in [0.3, 0.4) is 0 Å². The minimum atomic E-state index is 0.00345. The summed E-state index contributed by atoms with van der Waals surface area (Å²) in [6.45, 7) is 0. The first-order valence-corrected chi connectivity index (χ1v) is 8.82. The Balaban J connectivity index is 1.78. The van der Waals surface area contributed by atoms with Gasteiger partial charge in [-0.2, -0.15) is 0 Å². The first-order valence-electron chi connectivity index (χ1n) is 7.70. The number of rotatable bonds is 3. The van der Waals surface area contributed by atoms with Crippen LogP contribution in [0.15, 0.2) is 24.3 Å². The molecule has 1 saturated carbocycles. The Morgan fingerprint density at radius 1 is 1.25 bits per heavy atom. The Kier molecular flexibility index (Phi) is 4.16. The molecule has 0 bridgehead atoms. The first kappa shape index (κ1) is 14.1. The summed E-state index contributed by atoms with van der Waals surface area (Å²) >= 11 is 3.60. The Morgan fingerprint density at radius 2 is 2.00 bits per heavy atom. The zero-order chi connectivity index (χ0) is 14.0. The van der Waals surface area contributed by atoms with Crippen molar-refractivity contribution in [3.63, 3.8) is 0 Å². The van der Waals surface area contributed by atoms with Gasteiger partial charge in [0, 0.05) is 10.9 Å². The lowest BCUT2D eigenvalue weighted by Gasteiger charge is -2.32. The van der Waals surface area contributed by atoms with Gasteiger partial charge in [0.2, 0.25) is 5.91 Å². The van der Waals surface area contributed by atoms with Crippen molar-refractivity contribution in [3.8, 4) is 0 Å². The van der Waals surface area contributed by atoms with E-state index in [0.717, 1.165) is 37.4 Å². The number of amides is 1. The van der Waals surface area contributed by atoms with Gasteiger partial charge in [-0.05, 0) is 43.2 Å². The predicted molar refractivity (Wildman–Crippen MR) is 85.3 cm³/mol. The Bertz CT molecular complexity index is 494. The lowest BCUT2D eigenvalue weighted by Crippen LogP contribution is -2.49. The molecule has 108 valence electrons. The molecule has 1 atom stereocenters. The van der Waals surface area contributed by atoms with Gasteiger partial charge in [-0.1, -0.05) is 53.0 Å². The minimum absolute atomic E-state index is 0.00345. The van der Waals surface area contributed by atoms with Gasteiger partial charge < -0.3 is 5.32 Å². The molecule has 0 radical (unpaired) electrons. The van der Waals surface area contributed by atoms with Crippen LogP contribution in [0.2, 0.25) is 0 Å². The number of nitrogens with one attached hydrogen (secondary N) is 1. The number of halogens is 1. The highest BCUT2D eigenvalue weighted by molar-refractivity contribution is 9.09. The number of aryl methyl sites for hydroxylation is 1. The molecule has 3 heteroatoms. The number of hydrogen-bond donors (Lipinski definition) is 1. The summed E-state index contributed by atoms with van der Waals surface area (Å²) in [6, 6.07) is 8.44. The molecule has 2 nitrogen and oxygen atoms in total. The maximum atomic E-state index is 12.7. The summed E-state index contributed by atoms with van der Waals surface area (Å²) < 4.78 is 0. The third-order valence-electron chi connectivity index (χ3n) is 4.89. The fourth-order valence-corrected chi connectivity index (χ4v) is 4.42. The molecular weight excluding hydrogens is 314 g/mol. The number of alkyl halides is 1. The van der Waals surface area contributed by atoms with Crippen LogP contribution in [0.4, 0.5) is 0 Å². The molecule has 0 heterocycles. The Hall–Kier alpha value is -0.830. The zero-order valence-corrected chi connectivity index (χ0v) is 13.4. The normalized spacial score (nSPS) is 24.1. The molecule has 1 aromatic carbocycles. The quantitative estimate of drug-likeness (QED) is 0.833. The first-order chi connectivity index (χ1) is 9.74. The van der Waals surface area contributed by atoms with Crippen LogP contribution in [0.1, 0.15) is 55.6 Å². The van der Waals surface area contributed by atoms with Crippen molar-refractivity contribution in [3.05, 3.63) is 35.4 Å². The highest BCUT2D eigenvalue weighted by atomic mass is 79.9. The number of benzene rings is 1. The van der Waals surface area contributed by atoms with Gasteiger partial charge in [0.15, 0.2) is 0 Å². The van der Waals surface area contributed by atoms with Gasteiger partial charge in [0.05, 0.1) is 5.92 Å². The van der Waals surface area contributed by atoms with E-state index in [1.807, 2.05) is 0 Å². The maximum absolute atomic E-state index is 12.7. The number of fused-ring (bicyclic) bond motifs is 1. The topological polar surface area (TPSA) is 29.1 Å². The minimum Gasteiger partial charge on any atom is -0.349 e. The third kappa shape index (κ3) is 2.65. The third-order valence-corrected chi connectivity index (χ3v) is 5.96. The van der Waals surface area contributed by atoms with Crippen LogP contribution in [-0.2, 0) is 11.2 Å². The summed E-state index contributed by atoms with van der Waals surface area (Å²) in [5.74, 6) is 0.287. The second kappa shape index (κ2) is 5.88. The van der Waals surface area contributed by atoms with Gasteiger partial charge in [0.25, 0.3) is 0 Å². The number of carbonyl (C=O) groups is 1. The fraction of sp³-hybridized carbons (Fsp3) is 0.588. The van der Waals surface area contributed by atoms with Crippen LogP contribution < -0.4 is 5.32 Å². The Morgan fingerprint density at radius 3 is 2.75 bits per heavy atom. The van der Waals surface area contributed by atoms with Crippen molar-refractivity contribution in [2.24, 2.45) is 0 Å². The van der Waals surface area contributed by atoms with Crippen LogP contribution in [0.5, 0.6) is 0 Å². The molecule has 1 aromatic rings. The lowest BCUT2D eigenvalue weighted by atomic mass is 9.82. The van der Waals surface area contributed by atoms with Gasteiger partial charge in [-0.15, -0.1) is 0 Å². The summed E-state index contributed by atoms with van der Waals surface area (Å²) in [5.41, 5.74) is 2.61. The van der Waals surface area contributed by atoms with E-state index in [2.05, 4.69) is 45.5 Å². The monoisotopic (exact) mass is 335 g/mol. The number of carbonyl (C=O) groups excluding carboxylic acids is 1. The molecule has 1 unspecified atom stereocenters. The zero-order valence-electron chi connectivity index (χ0n) is 11.8. The van der Waals surface area contributed by atoms with E-state index in [1.165, 1.54) is 24.0 Å². The van der Waals surface area contributed by atoms with Crippen molar-refractivity contribution >= 4 is 21.8 Å². The molecule has 1 fully saturated rings. The summed E-state index contributed by atoms with van der Waals surface area (Å²) in [4.78, 5) is 12.7. The number of hydrogen-bond acceptors (Lipinski definition) is 1. The lowest BCUT2D eigenvalue weighted by molar-refractivity contribution is -0.124. The molecule has 1 amide bonds. The molecule has 3 rings (SSSR count). The largest absolute Gasteiger partial charge is 0.349 e. The van der Waals surface area contributed by atoms with Crippen molar-refractivity contribution in [1.29, 1.82) is 0 Å². The summed E-state index contributed by atoms with van der Waals surface area (Å²) in [7, 11) is 0. The molecule has 0 aliphatic heterocycles. The Labute approximate surface area is 129 Å². The van der Waals surface area contributed by atoms with E-state index in [-0.39, 0.29) is 17.4 Å². The van der Waals surface area contributed by atoms with Crippen molar-refractivity contribution in [2.75, 3.05) is 5.33 Å². The van der Waals surface area contributed by atoms with Gasteiger partial charge in [-0.3, -0.25) is 4.79 Å². The highest BCUT2D eigenvalue weighted by Crippen LogP contribution is 2.35. The standard InChI is InChI=1S/C17H22BrNO/c18-12-17(10-3-4-11-17)19-16(20)15-9-5-7-13-6-1-2-8-14(13)15/h1-2,6,8,15H,3-5,7,9-12H2,(H,19,20).